The standard InChI is InChI=1S/C20H22N6O2S/c27-29(28,18-7-5-17(6-8-18)26-10-2-9-21-26)25-13-11-24(12-14-25)20-15-16-3-1-4-19(16)22-23-20/h2,5-10,15H,1,3-4,11-14H2. The van der Waals surface area contributed by atoms with Crippen LogP contribution in [0, 0.1) is 0 Å². The van der Waals surface area contributed by atoms with Gasteiger partial charge in [0.1, 0.15) is 0 Å². The maximum absolute atomic E-state index is 13.0. The van der Waals surface area contributed by atoms with Gasteiger partial charge in [0.25, 0.3) is 0 Å². The molecule has 0 spiro atoms. The van der Waals surface area contributed by atoms with Crippen molar-refractivity contribution in [1.29, 1.82) is 0 Å². The molecule has 9 heteroatoms. The van der Waals surface area contributed by atoms with E-state index in [1.807, 2.05) is 12.3 Å². The summed E-state index contributed by atoms with van der Waals surface area (Å²) in [5, 5.41) is 12.9. The molecular weight excluding hydrogens is 388 g/mol. The van der Waals surface area contributed by atoms with Crippen LogP contribution >= 0.6 is 0 Å². The second-order valence-electron chi connectivity index (χ2n) is 7.36. The zero-order valence-electron chi connectivity index (χ0n) is 16.0. The number of aromatic nitrogens is 4. The number of fused-ring (bicyclic) bond motifs is 1. The van der Waals surface area contributed by atoms with Gasteiger partial charge < -0.3 is 4.90 Å². The average Bonchev–Trinajstić information content (AvgIpc) is 3.45. The van der Waals surface area contributed by atoms with Gasteiger partial charge in [-0.2, -0.15) is 14.5 Å². The van der Waals surface area contributed by atoms with Crippen molar-refractivity contribution in [1.82, 2.24) is 24.3 Å². The fourth-order valence-electron chi connectivity index (χ4n) is 3.97. The molecule has 0 saturated carbocycles. The summed E-state index contributed by atoms with van der Waals surface area (Å²) in [6, 6.07) is 10.8. The van der Waals surface area contributed by atoms with Crippen molar-refractivity contribution in [3.05, 3.63) is 60.0 Å². The third kappa shape index (κ3) is 3.40. The molecule has 8 nitrogen and oxygen atoms in total. The molecule has 0 radical (unpaired) electrons. The summed E-state index contributed by atoms with van der Waals surface area (Å²) in [7, 11) is -3.52. The minimum atomic E-state index is -3.52. The highest BCUT2D eigenvalue weighted by molar-refractivity contribution is 7.89. The third-order valence-electron chi connectivity index (χ3n) is 5.61. The average molecular weight is 411 g/mol. The number of aryl methyl sites for hydroxylation is 2. The van der Waals surface area contributed by atoms with Gasteiger partial charge in [0, 0.05) is 38.6 Å². The van der Waals surface area contributed by atoms with E-state index >= 15 is 0 Å². The van der Waals surface area contributed by atoms with Crippen LogP contribution < -0.4 is 4.90 Å². The molecule has 0 bridgehead atoms. The van der Waals surface area contributed by atoms with Crippen molar-refractivity contribution < 1.29 is 8.42 Å². The molecule has 2 aromatic heterocycles. The van der Waals surface area contributed by atoms with Crippen molar-refractivity contribution in [2.75, 3.05) is 31.1 Å². The van der Waals surface area contributed by atoms with Crippen LogP contribution in [0.15, 0.2) is 53.7 Å². The summed E-state index contributed by atoms with van der Waals surface area (Å²) >= 11 is 0. The van der Waals surface area contributed by atoms with E-state index in [9.17, 15) is 8.42 Å². The number of piperazine rings is 1. The van der Waals surface area contributed by atoms with Crippen molar-refractivity contribution >= 4 is 15.8 Å². The van der Waals surface area contributed by atoms with Crippen LogP contribution in [0.5, 0.6) is 0 Å². The SMILES string of the molecule is O=S(=O)(c1ccc(-n2cccn2)cc1)N1CCN(c2cc3c(nn2)CCC3)CC1. The second kappa shape index (κ2) is 7.23. The number of rotatable bonds is 4. The fourth-order valence-corrected chi connectivity index (χ4v) is 5.39. The first-order valence-corrected chi connectivity index (χ1v) is 11.3. The molecule has 0 unspecified atom stereocenters. The summed E-state index contributed by atoms with van der Waals surface area (Å²) in [5.74, 6) is 0.853. The molecule has 5 rings (SSSR count). The van der Waals surface area contributed by atoms with Crippen LogP contribution in [-0.2, 0) is 22.9 Å². The quantitative estimate of drug-likeness (QED) is 0.650. The Kier molecular flexibility index (Phi) is 4.56. The highest BCUT2D eigenvalue weighted by Gasteiger charge is 2.29. The first kappa shape index (κ1) is 18.3. The topological polar surface area (TPSA) is 84.2 Å². The van der Waals surface area contributed by atoms with Crippen LogP contribution in [0.4, 0.5) is 5.82 Å². The van der Waals surface area contributed by atoms with Crippen LogP contribution in [0.25, 0.3) is 5.69 Å². The zero-order chi connectivity index (χ0) is 19.8. The summed E-state index contributed by atoms with van der Waals surface area (Å²) in [4.78, 5) is 2.43. The minimum Gasteiger partial charge on any atom is -0.352 e. The van der Waals surface area contributed by atoms with E-state index in [1.165, 1.54) is 5.56 Å². The van der Waals surface area contributed by atoms with Gasteiger partial charge in [-0.25, -0.2) is 13.1 Å². The van der Waals surface area contributed by atoms with Crippen molar-refractivity contribution in [2.45, 2.75) is 24.2 Å². The largest absolute Gasteiger partial charge is 0.352 e. The Bertz CT molecular complexity index is 1100. The van der Waals surface area contributed by atoms with E-state index in [0.717, 1.165) is 36.5 Å². The second-order valence-corrected chi connectivity index (χ2v) is 9.30. The van der Waals surface area contributed by atoms with Gasteiger partial charge in [0.2, 0.25) is 10.0 Å². The summed E-state index contributed by atoms with van der Waals surface area (Å²) < 4.78 is 29.3. The first-order chi connectivity index (χ1) is 14.1. The lowest BCUT2D eigenvalue weighted by Crippen LogP contribution is -2.49. The molecule has 0 atom stereocenters. The maximum Gasteiger partial charge on any atom is 0.243 e. The number of anilines is 1. The maximum atomic E-state index is 13.0. The van der Waals surface area contributed by atoms with Crippen molar-refractivity contribution in [3.63, 3.8) is 0 Å². The fraction of sp³-hybridized carbons (Fsp3) is 0.350. The normalized spacial score (nSPS) is 17.4. The van der Waals surface area contributed by atoms with Gasteiger partial charge >= 0.3 is 0 Å². The zero-order valence-corrected chi connectivity index (χ0v) is 16.8. The Morgan fingerprint density at radius 3 is 2.45 bits per heavy atom. The van der Waals surface area contributed by atoms with Gasteiger partial charge in [0.15, 0.2) is 5.82 Å². The third-order valence-corrected chi connectivity index (χ3v) is 7.53. The monoisotopic (exact) mass is 410 g/mol. The van der Waals surface area contributed by atoms with Gasteiger partial charge in [-0.3, -0.25) is 0 Å². The van der Waals surface area contributed by atoms with Crippen molar-refractivity contribution in [3.8, 4) is 5.69 Å². The molecular formula is C20H22N6O2S. The van der Waals surface area contributed by atoms with Crippen LogP contribution in [-0.4, -0.2) is 58.9 Å². The lowest BCUT2D eigenvalue weighted by atomic mass is 10.2. The molecule has 3 heterocycles. The van der Waals surface area contributed by atoms with Gasteiger partial charge in [-0.05, 0) is 61.2 Å². The van der Waals surface area contributed by atoms with E-state index in [2.05, 4.69) is 26.3 Å². The molecule has 29 heavy (non-hydrogen) atoms. The Balaban J connectivity index is 1.28. The Hall–Kier alpha value is -2.78. The lowest BCUT2D eigenvalue weighted by molar-refractivity contribution is 0.383. The molecule has 1 saturated heterocycles. The van der Waals surface area contributed by atoms with E-state index in [-0.39, 0.29) is 0 Å². The molecule has 0 amide bonds. The molecule has 1 aliphatic heterocycles. The van der Waals surface area contributed by atoms with Gasteiger partial charge in [-0.15, -0.1) is 5.10 Å². The number of hydrogen-bond acceptors (Lipinski definition) is 6. The Morgan fingerprint density at radius 2 is 1.72 bits per heavy atom. The number of hydrogen-bond donors (Lipinski definition) is 0. The summed E-state index contributed by atoms with van der Waals surface area (Å²) in [6.07, 6.45) is 6.72. The molecule has 2 aliphatic rings. The molecule has 150 valence electrons. The molecule has 3 aromatic rings. The van der Waals surface area contributed by atoms with Crippen LogP contribution in [0.1, 0.15) is 17.7 Å². The van der Waals surface area contributed by atoms with E-state index < -0.39 is 10.0 Å². The smallest absolute Gasteiger partial charge is 0.243 e. The first-order valence-electron chi connectivity index (χ1n) is 9.82. The number of sulfonamides is 1. The lowest BCUT2D eigenvalue weighted by Gasteiger charge is -2.34. The molecule has 1 fully saturated rings. The minimum absolute atomic E-state index is 0.305. The predicted molar refractivity (Wildman–Crippen MR) is 109 cm³/mol. The Labute approximate surface area is 169 Å². The number of nitrogens with zero attached hydrogens (tertiary/aromatic N) is 6. The van der Waals surface area contributed by atoms with E-state index in [4.69, 9.17) is 0 Å². The van der Waals surface area contributed by atoms with Gasteiger partial charge in [-0.1, -0.05) is 0 Å². The molecule has 0 N–H and O–H groups in total. The van der Waals surface area contributed by atoms with Gasteiger partial charge in [0.05, 0.1) is 16.3 Å². The molecule has 1 aromatic carbocycles. The van der Waals surface area contributed by atoms with Crippen LogP contribution in [0.2, 0.25) is 0 Å². The van der Waals surface area contributed by atoms with Crippen LogP contribution in [0.3, 0.4) is 0 Å². The predicted octanol–water partition coefficient (Wildman–Crippen LogP) is 1.66. The molecule has 1 aliphatic carbocycles. The van der Waals surface area contributed by atoms with Crippen molar-refractivity contribution in [2.24, 2.45) is 0 Å². The van der Waals surface area contributed by atoms with E-state index in [1.54, 1.807) is 39.4 Å². The highest BCUT2D eigenvalue weighted by Crippen LogP contribution is 2.25. The Morgan fingerprint density at radius 1 is 0.931 bits per heavy atom. The highest BCUT2D eigenvalue weighted by atomic mass is 32.2. The van der Waals surface area contributed by atoms with E-state index in [0.29, 0.717) is 31.1 Å². The summed E-state index contributed by atoms with van der Waals surface area (Å²) in [5.41, 5.74) is 3.21. The number of benzene rings is 1. The summed E-state index contributed by atoms with van der Waals surface area (Å²) in [6.45, 7) is 2.08.